The second-order valence-electron chi connectivity index (χ2n) is 5.65. The van der Waals surface area contributed by atoms with E-state index in [9.17, 15) is 18.0 Å². The molecular formula is C16H17N3O6S. The van der Waals surface area contributed by atoms with Gasteiger partial charge in [-0.3, -0.25) is 20.4 Å². The molecule has 2 aromatic rings. The van der Waals surface area contributed by atoms with E-state index < -0.39 is 21.8 Å². The van der Waals surface area contributed by atoms with E-state index in [-0.39, 0.29) is 28.0 Å². The van der Waals surface area contributed by atoms with Crippen LogP contribution in [0.4, 0.5) is 0 Å². The maximum Gasteiger partial charge on any atom is 0.305 e. The van der Waals surface area contributed by atoms with Gasteiger partial charge in [0, 0.05) is 11.6 Å². The smallest absolute Gasteiger partial charge is 0.305 e. The van der Waals surface area contributed by atoms with Crippen molar-refractivity contribution in [3.05, 3.63) is 47.9 Å². The average Bonchev–Trinajstić information content (AvgIpc) is 3.25. The summed E-state index contributed by atoms with van der Waals surface area (Å²) in [4.78, 5) is 23.8. The number of hydrazine groups is 1. The second-order valence-corrected chi connectivity index (χ2v) is 7.33. The third-order valence-corrected chi connectivity index (χ3v) is 5.19. The highest BCUT2D eigenvalue weighted by Crippen LogP contribution is 2.28. The molecule has 0 radical (unpaired) electrons. The molecule has 0 spiro atoms. The minimum absolute atomic E-state index is 0.0249. The number of benzene rings is 1. The van der Waals surface area contributed by atoms with E-state index in [1.807, 2.05) is 0 Å². The number of rotatable bonds is 6. The Morgan fingerprint density at radius 1 is 1.15 bits per heavy atom. The summed E-state index contributed by atoms with van der Waals surface area (Å²) in [5, 5.41) is 0. The van der Waals surface area contributed by atoms with Crippen molar-refractivity contribution in [3.8, 4) is 5.75 Å². The zero-order chi connectivity index (χ0) is 18.7. The summed E-state index contributed by atoms with van der Waals surface area (Å²) in [6.07, 6.45) is 2.88. The molecular weight excluding hydrogens is 362 g/mol. The van der Waals surface area contributed by atoms with Gasteiger partial charge in [0.05, 0.1) is 13.4 Å². The summed E-state index contributed by atoms with van der Waals surface area (Å²) in [6, 6.07) is 6.84. The van der Waals surface area contributed by atoms with Crippen molar-refractivity contribution in [2.75, 3.05) is 7.11 Å². The quantitative estimate of drug-likeness (QED) is 0.637. The molecule has 1 fully saturated rings. The van der Waals surface area contributed by atoms with Gasteiger partial charge in [0.1, 0.15) is 10.6 Å². The standard InChI is InChI=1S/C16H17N3O6S/c1-24-12-7-4-10(9-14(12)26(22,23)19-11-5-6-11)15(20)17-18-16(21)13-3-2-8-25-13/h2-4,7-9,11,19H,5-6H2,1H3,(H,17,20)(H,18,21). The van der Waals surface area contributed by atoms with Crippen molar-refractivity contribution in [3.63, 3.8) is 0 Å². The van der Waals surface area contributed by atoms with Gasteiger partial charge in [-0.2, -0.15) is 0 Å². The topological polar surface area (TPSA) is 127 Å². The molecule has 1 aromatic heterocycles. The Labute approximate surface area is 149 Å². The molecule has 9 nitrogen and oxygen atoms in total. The van der Waals surface area contributed by atoms with E-state index >= 15 is 0 Å². The van der Waals surface area contributed by atoms with Crippen LogP contribution >= 0.6 is 0 Å². The molecule has 0 bridgehead atoms. The van der Waals surface area contributed by atoms with E-state index in [1.165, 1.54) is 43.7 Å². The number of ether oxygens (including phenoxy) is 1. The molecule has 3 rings (SSSR count). The average molecular weight is 379 g/mol. The number of nitrogens with one attached hydrogen (secondary N) is 3. The van der Waals surface area contributed by atoms with Crippen LogP contribution in [0.5, 0.6) is 5.75 Å². The number of methoxy groups -OCH3 is 1. The lowest BCUT2D eigenvalue weighted by atomic mass is 10.2. The zero-order valence-electron chi connectivity index (χ0n) is 13.8. The number of carbonyl (C=O) groups is 2. The predicted octanol–water partition coefficient (Wildman–Crippen LogP) is 0.804. The summed E-state index contributed by atoms with van der Waals surface area (Å²) >= 11 is 0. The Morgan fingerprint density at radius 2 is 1.88 bits per heavy atom. The van der Waals surface area contributed by atoms with Gasteiger partial charge < -0.3 is 9.15 Å². The molecule has 2 amide bonds. The molecule has 0 aliphatic heterocycles. The Bertz CT molecular complexity index is 919. The first-order valence-electron chi connectivity index (χ1n) is 7.75. The molecule has 0 atom stereocenters. The van der Waals surface area contributed by atoms with Crippen molar-refractivity contribution in [2.24, 2.45) is 0 Å². The Morgan fingerprint density at radius 3 is 2.50 bits per heavy atom. The first-order valence-corrected chi connectivity index (χ1v) is 9.23. The summed E-state index contributed by atoms with van der Waals surface area (Å²) in [5.74, 6) is -1.18. The van der Waals surface area contributed by atoms with E-state index in [2.05, 4.69) is 15.6 Å². The van der Waals surface area contributed by atoms with Crippen LogP contribution < -0.4 is 20.3 Å². The Balaban J connectivity index is 1.76. The van der Waals surface area contributed by atoms with Crippen LogP contribution in [0, 0.1) is 0 Å². The maximum absolute atomic E-state index is 12.5. The number of amides is 2. The van der Waals surface area contributed by atoms with Gasteiger partial charge in [-0.15, -0.1) is 0 Å². The fraction of sp³-hybridized carbons (Fsp3) is 0.250. The Hall–Kier alpha value is -2.85. The van der Waals surface area contributed by atoms with Crippen LogP contribution in [-0.2, 0) is 10.0 Å². The lowest BCUT2D eigenvalue weighted by molar-refractivity contribution is 0.0830. The predicted molar refractivity (Wildman–Crippen MR) is 90.0 cm³/mol. The third-order valence-electron chi connectivity index (χ3n) is 3.65. The van der Waals surface area contributed by atoms with Crippen molar-refractivity contribution in [1.29, 1.82) is 0 Å². The van der Waals surface area contributed by atoms with Gasteiger partial charge in [-0.1, -0.05) is 0 Å². The summed E-state index contributed by atoms with van der Waals surface area (Å²) < 4.78 is 37.4. The molecule has 0 saturated heterocycles. The minimum Gasteiger partial charge on any atom is -0.495 e. The van der Waals surface area contributed by atoms with E-state index in [4.69, 9.17) is 9.15 Å². The molecule has 3 N–H and O–H groups in total. The molecule has 0 unspecified atom stereocenters. The third kappa shape index (κ3) is 4.03. The number of furan rings is 1. The minimum atomic E-state index is -3.82. The van der Waals surface area contributed by atoms with Crippen LogP contribution in [-0.4, -0.2) is 33.4 Å². The number of hydrogen-bond acceptors (Lipinski definition) is 6. The first-order chi connectivity index (χ1) is 12.4. The highest BCUT2D eigenvalue weighted by molar-refractivity contribution is 7.89. The van der Waals surface area contributed by atoms with Crippen molar-refractivity contribution in [1.82, 2.24) is 15.6 Å². The molecule has 1 saturated carbocycles. The summed E-state index contributed by atoms with van der Waals surface area (Å²) in [7, 11) is -2.48. The fourth-order valence-corrected chi connectivity index (χ4v) is 3.67. The fourth-order valence-electron chi connectivity index (χ4n) is 2.17. The van der Waals surface area contributed by atoms with Crippen molar-refractivity contribution in [2.45, 2.75) is 23.8 Å². The van der Waals surface area contributed by atoms with Gasteiger partial charge in [0.2, 0.25) is 10.0 Å². The van der Waals surface area contributed by atoms with Crippen molar-refractivity contribution >= 4 is 21.8 Å². The van der Waals surface area contributed by atoms with Crippen LogP contribution in [0.2, 0.25) is 0 Å². The van der Waals surface area contributed by atoms with Gasteiger partial charge >= 0.3 is 5.91 Å². The highest BCUT2D eigenvalue weighted by atomic mass is 32.2. The lowest BCUT2D eigenvalue weighted by Crippen LogP contribution is -2.41. The first kappa shape index (κ1) is 18.0. The molecule has 1 heterocycles. The maximum atomic E-state index is 12.5. The lowest BCUT2D eigenvalue weighted by Gasteiger charge is -2.12. The number of sulfonamides is 1. The van der Waals surface area contributed by atoms with Crippen LogP contribution in [0.15, 0.2) is 45.9 Å². The zero-order valence-corrected chi connectivity index (χ0v) is 14.6. The van der Waals surface area contributed by atoms with E-state index in [0.717, 1.165) is 12.8 Å². The van der Waals surface area contributed by atoms with Gasteiger partial charge in [0.15, 0.2) is 5.76 Å². The SMILES string of the molecule is COc1ccc(C(=O)NNC(=O)c2ccco2)cc1S(=O)(=O)NC1CC1. The number of carbonyl (C=O) groups excluding carboxylic acids is 2. The molecule has 10 heteroatoms. The highest BCUT2D eigenvalue weighted by Gasteiger charge is 2.30. The van der Waals surface area contributed by atoms with Crippen LogP contribution in [0.25, 0.3) is 0 Å². The van der Waals surface area contributed by atoms with Gasteiger partial charge in [-0.25, -0.2) is 13.1 Å². The van der Waals surface area contributed by atoms with Crippen molar-refractivity contribution < 1.29 is 27.2 Å². The molecule has 1 aromatic carbocycles. The summed E-state index contributed by atoms with van der Waals surface area (Å²) in [5.41, 5.74) is 4.43. The molecule has 138 valence electrons. The van der Waals surface area contributed by atoms with Crippen LogP contribution in [0.1, 0.15) is 33.8 Å². The Kier molecular flexibility index (Phi) is 4.96. The second kappa shape index (κ2) is 7.18. The number of hydrogen-bond donors (Lipinski definition) is 3. The van der Waals surface area contributed by atoms with E-state index in [1.54, 1.807) is 0 Å². The molecule has 26 heavy (non-hydrogen) atoms. The summed E-state index contributed by atoms with van der Waals surface area (Å²) in [6.45, 7) is 0. The largest absolute Gasteiger partial charge is 0.495 e. The van der Waals surface area contributed by atoms with E-state index in [0.29, 0.717) is 0 Å². The van der Waals surface area contributed by atoms with Gasteiger partial charge in [-0.05, 0) is 43.2 Å². The van der Waals surface area contributed by atoms with Gasteiger partial charge in [0.25, 0.3) is 5.91 Å². The monoisotopic (exact) mass is 379 g/mol. The molecule has 1 aliphatic carbocycles. The van der Waals surface area contributed by atoms with Crippen LogP contribution in [0.3, 0.4) is 0 Å². The molecule has 1 aliphatic rings. The normalized spacial score (nSPS) is 13.9.